The summed E-state index contributed by atoms with van der Waals surface area (Å²) >= 11 is 0. The third-order valence-electron chi connectivity index (χ3n) is 1.31. The van der Waals surface area contributed by atoms with Crippen LogP contribution < -0.4 is 11.3 Å². The fourth-order valence-corrected chi connectivity index (χ4v) is 0.748. The van der Waals surface area contributed by atoms with Crippen molar-refractivity contribution in [2.24, 2.45) is 5.73 Å². The van der Waals surface area contributed by atoms with E-state index in [1.807, 2.05) is 0 Å². The van der Waals surface area contributed by atoms with Crippen LogP contribution in [0.25, 0.3) is 0 Å². The molecule has 1 heterocycles. The molecule has 5 heteroatoms. The fraction of sp³-hybridized carbons (Fsp3) is 0.500. The van der Waals surface area contributed by atoms with Gasteiger partial charge in [-0.3, -0.25) is 4.79 Å². The van der Waals surface area contributed by atoms with E-state index < -0.39 is 0 Å². The van der Waals surface area contributed by atoms with E-state index in [0.717, 1.165) is 6.42 Å². The molecular formula is C6H10N4O. The first-order valence-corrected chi connectivity index (χ1v) is 3.44. The highest BCUT2D eigenvalue weighted by Gasteiger charge is 1.98. The van der Waals surface area contributed by atoms with Gasteiger partial charge in [0.25, 0.3) is 5.56 Å². The quantitative estimate of drug-likeness (QED) is 0.588. The minimum Gasteiger partial charge on any atom is -0.330 e. The van der Waals surface area contributed by atoms with Crippen molar-refractivity contribution in [3.63, 3.8) is 0 Å². The SMILES string of the molecule is NCCCc1nnc[nH]c1=O. The highest BCUT2D eigenvalue weighted by atomic mass is 16.1. The molecule has 0 aliphatic heterocycles. The standard InChI is InChI=1S/C6H10N4O/c7-3-1-2-5-6(11)8-4-9-10-5/h4H,1-3,7H2,(H,8,9,11). The van der Waals surface area contributed by atoms with E-state index in [1.54, 1.807) is 0 Å². The van der Waals surface area contributed by atoms with E-state index in [4.69, 9.17) is 5.73 Å². The third kappa shape index (κ3) is 2.12. The Balaban J connectivity index is 2.70. The van der Waals surface area contributed by atoms with Crippen LogP contribution in [0.15, 0.2) is 11.1 Å². The fourth-order valence-electron chi connectivity index (χ4n) is 0.748. The van der Waals surface area contributed by atoms with Crippen LogP contribution in [-0.4, -0.2) is 21.7 Å². The number of rotatable bonds is 3. The number of nitrogens with zero attached hydrogens (tertiary/aromatic N) is 2. The number of nitrogens with one attached hydrogen (secondary N) is 1. The molecule has 0 atom stereocenters. The molecule has 0 bridgehead atoms. The Hall–Kier alpha value is -1.23. The van der Waals surface area contributed by atoms with E-state index in [0.29, 0.717) is 18.7 Å². The number of hydrogen-bond acceptors (Lipinski definition) is 4. The molecule has 3 N–H and O–H groups in total. The number of hydrogen-bond donors (Lipinski definition) is 2. The molecule has 0 amide bonds. The van der Waals surface area contributed by atoms with Gasteiger partial charge in [0.2, 0.25) is 0 Å². The van der Waals surface area contributed by atoms with Crippen molar-refractivity contribution in [1.29, 1.82) is 0 Å². The van der Waals surface area contributed by atoms with Gasteiger partial charge in [-0.05, 0) is 19.4 Å². The van der Waals surface area contributed by atoms with Gasteiger partial charge in [-0.15, -0.1) is 10.2 Å². The zero-order valence-electron chi connectivity index (χ0n) is 6.08. The van der Waals surface area contributed by atoms with Crippen LogP contribution in [-0.2, 0) is 6.42 Å². The summed E-state index contributed by atoms with van der Waals surface area (Å²) in [6.45, 7) is 0.565. The van der Waals surface area contributed by atoms with Crippen LogP contribution >= 0.6 is 0 Å². The average Bonchev–Trinajstić information content (AvgIpc) is 2.03. The lowest BCUT2D eigenvalue weighted by Crippen LogP contribution is -2.16. The smallest absolute Gasteiger partial charge is 0.272 e. The molecule has 11 heavy (non-hydrogen) atoms. The van der Waals surface area contributed by atoms with E-state index in [9.17, 15) is 4.79 Å². The molecule has 0 aliphatic rings. The van der Waals surface area contributed by atoms with Crippen LogP contribution in [0.5, 0.6) is 0 Å². The van der Waals surface area contributed by atoms with Gasteiger partial charge in [0.15, 0.2) is 0 Å². The van der Waals surface area contributed by atoms with Crippen molar-refractivity contribution in [1.82, 2.24) is 15.2 Å². The zero-order valence-corrected chi connectivity index (χ0v) is 6.08. The van der Waals surface area contributed by atoms with Crippen LogP contribution in [0.4, 0.5) is 0 Å². The van der Waals surface area contributed by atoms with Crippen LogP contribution in [0.3, 0.4) is 0 Å². The second kappa shape index (κ2) is 3.82. The molecule has 0 aliphatic carbocycles. The van der Waals surface area contributed by atoms with Gasteiger partial charge in [-0.2, -0.15) is 0 Å². The van der Waals surface area contributed by atoms with Crippen LogP contribution in [0.2, 0.25) is 0 Å². The van der Waals surface area contributed by atoms with Crippen LogP contribution in [0, 0.1) is 0 Å². The Morgan fingerprint density at radius 1 is 1.64 bits per heavy atom. The minimum absolute atomic E-state index is 0.173. The normalized spacial score (nSPS) is 9.91. The maximum Gasteiger partial charge on any atom is 0.272 e. The summed E-state index contributed by atoms with van der Waals surface area (Å²) in [4.78, 5) is 13.4. The average molecular weight is 154 g/mol. The molecule has 0 spiro atoms. The molecule has 5 nitrogen and oxygen atoms in total. The lowest BCUT2D eigenvalue weighted by atomic mass is 10.2. The lowest BCUT2D eigenvalue weighted by Gasteiger charge is -1.93. The Labute approximate surface area is 63.7 Å². The molecule has 0 radical (unpaired) electrons. The lowest BCUT2D eigenvalue weighted by molar-refractivity contribution is 0.761. The molecule has 1 aromatic heterocycles. The zero-order chi connectivity index (χ0) is 8.10. The van der Waals surface area contributed by atoms with Crippen molar-refractivity contribution in [3.05, 3.63) is 22.4 Å². The van der Waals surface area contributed by atoms with Crippen molar-refractivity contribution >= 4 is 0 Å². The summed E-state index contributed by atoms with van der Waals surface area (Å²) in [5.41, 5.74) is 5.55. The monoisotopic (exact) mass is 154 g/mol. The second-order valence-corrected chi connectivity index (χ2v) is 2.16. The first-order chi connectivity index (χ1) is 5.34. The molecule has 0 unspecified atom stereocenters. The molecular weight excluding hydrogens is 144 g/mol. The molecule has 60 valence electrons. The van der Waals surface area contributed by atoms with Gasteiger partial charge in [0.05, 0.1) is 0 Å². The molecule has 0 aromatic carbocycles. The Morgan fingerprint density at radius 3 is 3.09 bits per heavy atom. The Kier molecular flexibility index (Phi) is 2.74. The number of nitrogens with two attached hydrogens (primary N) is 1. The topological polar surface area (TPSA) is 84.7 Å². The summed E-state index contributed by atoms with van der Waals surface area (Å²) in [6.07, 6.45) is 2.63. The Bertz CT molecular complexity index is 269. The largest absolute Gasteiger partial charge is 0.330 e. The first-order valence-electron chi connectivity index (χ1n) is 3.44. The third-order valence-corrected chi connectivity index (χ3v) is 1.31. The Morgan fingerprint density at radius 2 is 2.45 bits per heavy atom. The molecule has 1 aromatic rings. The van der Waals surface area contributed by atoms with Gasteiger partial charge < -0.3 is 10.7 Å². The van der Waals surface area contributed by atoms with Crippen molar-refractivity contribution in [3.8, 4) is 0 Å². The molecule has 0 saturated heterocycles. The van der Waals surface area contributed by atoms with Gasteiger partial charge >= 0.3 is 0 Å². The summed E-state index contributed by atoms with van der Waals surface area (Å²) < 4.78 is 0. The van der Waals surface area contributed by atoms with Crippen molar-refractivity contribution < 1.29 is 0 Å². The van der Waals surface area contributed by atoms with E-state index >= 15 is 0 Å². The number of aromatic nitrogens is 3. The summed E-state index contributed by atoms with van der Waals surface area (Å²) in [6, 6.07) is 0. The van der Waals surface area contributed by atoms with Gasteiger partial charge in [-0.25, -0.2) is 0 Å². The van der Waals surface area contributed by atoms with Gasteiger partial charge in [0, 0.05) is 0 Å². The van der Waals surface area contributed by atoms with Gasteiger partial charge in [0.1, 0.15) is 12.0 Å². The maximum absolute atomic E-state index is 10.9. The maximum atomic E-state index is 10.9. The molecule has 1 rings (SSSR count). The molecule has 0 fully saturated rings. The first kappa shape index (κ1) is 7.87. The van der Waals surface area contributed by atoms with Crippen LogP contribution in [0.1, 0.15) is 12.1 Å². The summed E-state index contributed by atoms with van der Waals surface area (Å²) in [7, 11) is 0. The van der Waals surface area contributed by atoms with E-state index in [-0.39, 0.29) is 5.56 Å². The summed E-state index contributed by atoms with van der Waals surface area (Å²) in [5, 5.41) is 7.22. The number of H-pyrrole nitrogens is 1. The van der Waals surface area contributed by atoms with E-state index in [2.05, 4.69) is 15.2 Å². The van der Waals surface area contributed by atoms with E-state index in [1.165, 1.54) is 6.33 Å². The summed E-state index contributed by atoms with van der Waals surface area (Å²) in [5.74, 6) is 0. The predicted octanol–water partition coefficient (Wildman–Crippen LogP) is -0.944. The van der Waals surface area contributed by atoms with Gasteiger partial charge in [-0.1, -0.05) is 0 Å². The number of aromatic amines is 1. The number of aryl methyl sites for hydroxylation is 1. The minimum atomic E-state index is -0.173. The predicted molar refractivity (Wildman–Crippen MR) is 40.0 cm³/mol. The highest BCUT2D eigenvalue weighted by molar-refractivity contribution is 4.91. The van der Waals surface area contributed by atoms with Crippen molar-refractivity contribution in [2.45, 2.75) is 12.8 Å². The van der Waals surface area contributed by atoms with Crippen molar-refractivity contribution in [2.75, 3.05) is 6.54 Å². The highest BCUT2D eigenvalue weighted by Crippen LogP contribution is 1.86. The molecule has 0 saturated carbocycles. The second-order valence-electron chi connectivity index (χ2n) is 2.16.